The van der Waals surface area contributed by atoms with Crippen LogP contribution in [0.25, 0.3) is 21.9 Å². The summed E-state index contributed by atoms with van der Waals surface area (Å²) < 4.78 is 38.4. The van der Waals surface area contributed by atoms with Crippen molar-refractivity contribution in [2.24, 2.45) is 0 Å². The van der Waals surface area contributed by atoms with Gasteiger partial charge in [0, 0.05) is 30.8 Å². The first-order valence-corrected chi connectivity index (χ1v) is 16.2. The molecule has 4 N–H and O–H groups in total. The standard InChI is InChI=1S/C30H41N6O7P/c1-6-14-30(38,36-25(19-40-7-2)34-26-27(36)23-10-8-9-11-24(23)33-28(26)31)15-18-41-44(39,43-22-12-16-32-17-13-22)35-21(5)29(37)42-20(3)4/h8-13,16-17,20-21,38H,6-7,14-15,18-19H2,1-5H3,(H2,31,33)(H,35,39)/t21-,30-,44?/m0/s1. The Bertz CT molecular complexity index is 1620. The number of fused-ring (bicyclic) bond motifs is 3. The first-order chi connectivity index (χ1) is 21.0. The van der Waals surface area contributed by atoms with Gasteiger partial charge in [-0.05, 0) is 52.3 Å². The second-order valence-corrected chi connectivity index (χ2v) is 12.3. The molecule has 4 aromatic rings. The molecule has 0 saturated carbocycles. The summed E-state index contributed by atoms with van der Waals surface area (Å²) in [4.78, 5) is 25.7. The molecule has 0 aliphatic carbocycles. The van der Waals surface area contributed by atoms with Gasteiger partial charge in [-0.2, -0.15) is 5.09 Å². The van der Waals surface area contributed by atoms with E-state index in [1.807, 2.05) is 38.1 Å². The van der Waals surface area contributed by atoms with Crippen LogP contribution in [0.2, 0.25) is 0 Å². The van der Waals surface area contributed by atoms with Crippen LogP contribution in [0.1, 0.15) is 59.7 Å². The summed E-state index contributed by atoms with van der Waals surface area (Å²) in [6.07, 6.45) is 3.48. The fourth-order valence-electron chi connectivity index (χ4n) is 4.92. The quantitative estimate of drug-likeness (QED) is 0.111. The molecule has 1 unspecified atom stereocenters. The van der Waals surface area contributed by atoms with Crippen LogP contribution in [-0.4, -0.2) is 56.0 Å². The summed E-state index contributed by atoms with van der Waals surface area (Å²) in [6.45, 7) is 9.09. The lowest BCUT2D eigenvalue weighted by Crippen LogP contribution is -2.38. The highest BCUT2D eigenvalue weighted by Crippen LogP contribution is 2.46. The Hall–Kier alpha value is -3.61. The molecule has 44 heavy (non-hydrogen) atoms. The third-order valence-electron chi connectivity index (χ3n) is 6.79. The lowest BCUT2D eigenvalue weighted by Gasteiger charge is -2.33. The van der Waals surface area contributed by atoms with Crippen molar-refractivity contribution >= 4 is 41.5 Å². The van der Waals surface area contributed by atoms with Crippen LogP contribution in [-0.2, 0) is 35.7 Å². The number of esters is 1. The lowest BCUT2D eigenvalue weighted by molar-refractivity contribution is -0.149. The van der Waals surface area contributed by atoms with Crippen LogP contribution in [0.5, 0.6) is 5.75 Å². The number of benzene rings is 1. The molecule has 13 nitrogen and oxygen atoms in total. The van der Waals surface area contributed by atoms with Crippen molar-refractivity contribution in [2.45, 2.75) is 78.4 Å². The molecule has 0 amide bonds. The number of carbonyl (C=O) groups is 1. The molecule has 4 rings (SSSR count). The van der Waals surface area contributed by atoms with E-state index in [0.29, 0.717) is 41.8 Å². The highest BCUT2D eigenvalue weighted by atomic mass is 31.2. The van der Waals surface area contributed by atoms with Gasteiger partial charge in [-0.25, -0.2) is 14.5 Å². The monoisotopic (exact) mass is 628 g/mol. The Morgan fingerprint density at radius 1 is 1.11 bits per heavy atom. The summed E-state index contributed by atoms with van der Waals surface area (Å²) in [6, 6.07) is 9.50. The molecule has 0 spiro atoms. The smallest absolute Gasteiger partial charge is 0.459 e. The third-order valence-corrected chi connectivity index (χ3v) is 8.46. The van der Waals surface area contributed by atoms with Gasteiger partial charge in [0.25, 0.3) is 0 Å². The van der Waals surface area contributed by atoms with Crippen LogP contribution in [0.4, 0.5) is 5.82 Å². The first kappa shape index (κ1) is 33.3. The number of hydrogen-bond donors (Lipinski definition) is 3. The van der Waals surface area contributed by atoms with Crippen LogP contribution >= 0.6 is 7.75 Å². The molecule has 0 aliphatic rings. The van der Waals surface area contributed by atoms with Gasteiger partial charge in [-0.3, -0.25) is 18.9 Å². The Kier molecular flexibility index (Phi) is 10.9. The zero-order chi connectivity index (χ0) is 31.9. The summed E-state index contributed by atoms with van der Waals surface area (Å²) in [5, 5.41) is 15.8. The molecular weight excluding hydrogens is 587 g/mol. The SMILES string of the molecule is CCC[C@](O)(CCOP(=O)(N[C@@H](C)C(=O)OC(C)C)Oc1ccncc1)n1c(COCC)nc2c(N)nc3ccccc3c21. The largest absolute Gasteiger partial charge is 0.462 e. The molecule has 3 heterocycles. The second-order valence-electron chi connectivity index (χ2n) is 10.6. The number of para-hydroxylation sites is 1. The normalized spacial score (nSPS) is 15.2. The van der Waals surface area contributed by atoms with Crippen LogP contribution in [0.3, 0.4) is 0 Å². The Morgan fingerprint density at radius 3 is 2.52 bits per heavy atom. The number of nitrogen functional groups attached to an aromatic ring is 1. The molecule has 3 atom stereocenters. The highest BCUT2D eigenvalue weighted by Gasteiger charge is 2.37. The number of aliphatic hydroxyl groups is 1. The topological polar surface area (TPSA) is 173 Å². The minimum Gasteiger partial charge on any atom is -0.462 e. The van der Waals surface area contributed by atoms with E-state index in [1.165, 1.54) is 31.5 Å². The van der Waals surface area contributed by atoms with Gasteiger partial charge in [-0.15, -0.1) is 0 Å². The fraction of sp³-hybridized carbons (Fsp3) is 0.467. The van der Waals surface area contributed by atoms with E-state index < -0.39 is 25.5 Å². The lowest BCUT2D eigenvalue weighted by atomic mass is 10.0. The number of anilines is 1. The molecule has 14 heteroatoms. The van der Waals surface area contributed by atoms with Crippen LogP contribution in [0.15, 0.2) is 48.8 Å². The number of nitrogens with one attached hydrogen (secondary N) is 1. The van der Waals surface area contributed by atoms with Crippen LogP contribution < -0.4 is 15.3 Å². The third kappa shape index (κ3) is 7.72. The van der Waals surface area contributed by atoms with Crippen molar-refractivity contribution in [3.05, 3.63) is 54.6 Å². The van der Waals surface area contributed by atoms with E-state index in [2.05, 4.69) is 15.1 Å². The van der Waals surface area contributed by atoms with Crippen molar-refractivity contribution in [1.82, 2.24) is 24.6 Å². The number of imidazole rings is 1. The van der Waals surface area contributed by atoms with E-state index in [-0.39, 0.29) is 37.3 Å². The number of pyridine rings is 2. The van der Waals surface area contributed by atoms with Crippen LogP contribution in [0, 0.1) is 0 Å². The van der Waals surface area contributed by atoms with E-state index in [1.54, 1.807) is 18.4 Å². The molecule has 0 radical (unpaired) electrons. The maximum Gasteiger partial charge on any atom is 0.459 e. The number of ether oxygens (including phenoxy) is 2. The summed E-state index contributed by atoms with van der Waals surface area (Å²) in [7, 11) is -4.17. The maximum atomic E-state index is 14.0. The predicted octanol–water partition coefficient (Wildman–Crippen LogP) is 5.07. The van der Waals surface area contributed by atoms with E-state index in [4.69, 9.17) is 29.2 Å². The number of rotatable bonds is 16. The van der Waals surface area contributed by atoms with Gasteiger partial charge < -0.3 is 24.8 Å². The van der Waals surface area contributed by atoms with Gasteiger partial charge in [0.1, 0.15) is 35.5 Å². The molecule has 1 aromatic carbocycles. The van der Waals surface area contributed by atoms with Crippen molar-refractivity contribution < 1.29 is 33.0 Å². The van der Waals surface area contributed by atoms with E-state index in [9.17, 15) is 14.5 Å². The average molecular weight is 629 g/mol. The Balaban J connectivity index is 1.70. The minimum atomic E-state index is -4.17. The number of hydrogen-bond acceptors (Lipinski definition) is 11. The zero-order valence-corrected chi connectivity index (χ0v) is 26.6. The first-order valence-electron chi connectivity index (χ1n) is 14.7. The summed E-state index contributed by atoms with van der Waals surface area (Å²) in [5.41, 5.74) is 6.49. The van der Waals surface area contributed by atoms with Crippen molar-refractivity contribution in [3.8, 4) is 5.75 Å². The van der Waals surface area contributed by atoms with E-state index in [0.717, 1.165) is 5.39 Å². The molecule has 0 aliphatic heterocycles. The van der Waals surface area contributed by atoms with Gasteiger partial charge in [0.15, 0.2) is 5.82 Å². The highest BCUT2D eigenvalue weighted by molar-refractivity contribution is 7.52. The Labute approximate surface area is 256 Å². The summed E-state index contributed by atoms with van der Waals surface area (Å²) >= 11 is 0. The minimum absolute atomic E-state index is 0.0157. The predicted molar refractivity (Wildman–Crippen MR) is 167 cm³/mol. The molecule has 0 saturated heterocycles. The molecular formula is C30H41N6O7P. The maximum absolute atomic E-state index is 14.0. The number of carbonyl (C=O) groups excluding carboxylic acids is 1. The summed E-state index contributed by atoms with van der Waals surface area (Å²) in [5.74, 6) is 0.292. The van der Waals surface area contributed by atoms with Gasteiger partial charge in [0.05, 0.1) is 23.7 Å². The van der Waals surface area contributed by atoms with Gasteiger partial charge >= 0.3 is 13.7 Å². The van der Waals surface area contributed by atoms with Gasteiger partial charge in [-0.1, -0.05) is 31.5 Å². The van der Waals surface area contributed by atoms with Crippen molar-refractivity contribution in [1.29, 1.82) is 0 Å². The second kappa shape index (κ2) is 14.4. The Morgan fingerprint density at radius 2 is 1.84 bits per heavy atom. The number of aromatic nitrogens is 4. The average Bonchev–Trinajstić information content (AvgIpc) is 3.37. The van der Waals surface area contributed by atoms with E-state index >= 15 is 0 Å². The molecule has 0 fully saturated rings. The van der Waals surface area contributed by atoms with Crippen molar-refractivity contribution in [2.75, 3.05) is 18.9 Å². The number of nitrogens with two attached hydrogens (primary N) is 1. The molecule has 238 valence electrons. The fourth-order valence-corrected chi connectivity index (χ4v) is 6.41. The molecule has 0 bridgehead atoms. The number of nitrogens with zero attached hydrogens (tertiary/aromatic N) is 4. The van der Waals surface area contributed by atoms with Gasteiger partial charge in [0.2, 0.25) is 0 Å². The zero-order valence-electron chi connectivity index (χ0n) is 25.7. The molecule has 3 aromatic heterocycles. The van der Waals surface area contributed by atoms with Crippen molar-refractivity contribution in [3.63, 3.8) is 0 Å².